The van der Waals surface area contributed by atoms with Crippen LogP contribution in [0.5, 0.6) is 11.5 Å². The number of anilines is 1. The molecule has 2 heterocycles. The molecule has 2 N–H and O–H groups in total. The summed E-state index contributed by atoms with van der Waals surface area (Å²) < 4.78 is 17.8. The molecule has 7 heteroatoms. The smallest absolute Gasteiger partial charge is 0.319 e. The Morgan fingerprint density at radius 3 is 2.59 bits per heavy atom. The molecule has 1 aromatic carbocycles. The number of nitrogens with one attached hydrogen (secondary N) is 2. The lowest BCUT2D eigenvalue weighted by Crippen LogP contribution is -2.48. The molecule has 1 saturated carbocycles. The first-order valence-corrected chi connectivity index (χ1v) is 9.96. The number of morpholine rings is 1. The number of ether oxygens (including phenoxy) is 3. The van der Waals surface area contributed by atoms with Crippen LogP contribution in [0.2, 0.25) is 0 Å². The Balaban J connectivity index is 1.25. The molecule has 0 aromatic heterocycles. The first-order chi connectivity index (χ1) is 13.0. The Hall–Kier alpha value is -1.99. The maximum absolute atomic E-state index is 12.2. The van der Waals surface area contributed by atoms with Crippen LogP contribution in [0.4, 0.5) is 10.5 Å². The van der Waals surface area contributed by atoms with Gasteiger partial charge in [0.15, 0.2) is 11.5 Å². The van der Waals surface area contributed by atoms with Gasteiger partial charge < -0.3 is 24.8 Å². The molecule has 3 aliphatic rings. The van der Waals surface area contributed by atoms with Crippen molar-refractivity contribution in [3.8, 4) is 11.5 Å². The minimum atomic E-state index is -0.477. The third-order valence-corrected chi connectivity index (χ3v) is 5.37. The lowest BCUT2D eigenvalue weighted by atomic mass is 10.2. The number of hydrogen-bond donors (Lipinski definition) is 2. The summed E-state index contributed by atoms with van der Waals surface area (Å²) in [4.78, 5) is 14.5. The number of fused-ring (bicyclic) bond motifs is 1. The van der Waals surface area contributed by atoms with Crippen LogP contribution in [0, 0.1) is 0 Å². The lowest BCUT2D eigenvalue weighted by molar-refractivity contribution is -0.0716. The highest BCUT2D eigenvalue weighted by molar-refractivity contribution is 5.89. The second-order valence-electron chi connectivity index (χ2n) is 7.88. The average Bonchev–Trinajstić information content (AvgIpc) is 3.19. The van der Waals surface area contributed by atoms with Crippen LogP contribution in [0.15, 0.2) is 18.2 Å². The van der Waals surface area contributed by atoms with Gasteiger partial charge in [0, 0.05) is 50.8 Å². The molecule has 2 unspecified atom stereocenters. The number of benzene rings is 1. The van der Waals surface area contributed by atoms with E-state index in [-0.39, 0.29) is 18.2 Å². The Labute approximate surface area is 160 Å². The van der Waals surface area contributed by atoms with Gasteiger partial charge >= 0.3 is 6.03 Å². The van der Waals surface area contributed by atoms with Gasteiger partial charge in [0.25, 0.3) is 5.79 Å². The molecule has 0 bridgehead atoms. The van der Waals surface area contributed by atoms with Crippen molar-refractivity contribution in [3.05, 3.63) is 18.2 Å². The molecule has 4 rings (SSSR count). The van der Waals surface area contributed by atoms with Gasteiger partial charge in [0.1, 0.15) is 0 Å². The summed E-state index contributed by atoms with van der Waals surface area (Å²) in [7, 11) is 0. The summed E-state index contributed by atoms with van der Waals surface area (Å²) in [6.45, 7) is 7.37. The summed E-state index contributed by atoms with van der Waals surface area (Å²) in [6, 6.07) is 5.35. The summed E-state index contributed by atoms with van der Waals surface area (Å²) in [5.41, 5.74) is 0.707. The van der Waals surface area contributed by atoms with E-state index in [1.165, 1.54) is 0 Å². The molecule has 148 valence electrons. The van der Waals surface area contributed by atoms with E-state index in [4.69, 9.17) is 14.2 Å². The highest BCUT2D eigenvalue weighted by Gasteiger charge is 2.44. The molecule has 2 amide bonds. The fourth-order valence-corrected chi connectivity index (χ4v) is 4.26. The van der Waals surface area contributed by atoms with Crippen molar-refractivity contribution in [2.24, 2.45) is 0 Å². The second-order valence-corrected chi connectivity index (χ2v) is 7.88. The molecule has 1 aromatic rings. The Morgan fingerprint density at radius 1 is 1.15 bits per heavy atom. The molecule has 7 nitrogen and oxygen atoms in total. The number of rotatable bonds is 4. The highest BCUT2D eigenvalue weighted by Crippen LogP contribution is 2.47. The number of nitrogens with zero attached hydrogens (tertiary/aromatic N) is 1. The maximum atomic E-state index is 12.2. The molecule has 2 aliphatic heterocycles. The number of carbonyl (C=O) groups excluding carboxylic acids is 1. The molecule has 0 radical (unpaired) electrons. The molecule has 1 spiro atoms. The normalized spacial score (nSPS) is 26.3. The van der Waals surface area contributed by atoms with Crippen molar-refractivity contribution in [3.63, 3.8) is 0 Å². The van der Waals surface area contributed by atoms with Gasteiger partial charge in [-0.2, -0.15) is 0 Å². The molecule has 2 atom stereocenters. The molecule has 2 fully saturated rings. The van der Waals surface area contributed by atoms with Crippen molar-refractivity contribution in [1.82, 2.24) is 10.2 Å². The van der Waals surface area contributed by atoms with Crippen LogP contribution in [0.25, 0.3) is 0 Å². The van der Waals surface area contributed by atoms with E-state index in [1.807, 2.05) is 18.2 Å². The largest absolute Gasteiger partial charge is 0.448 e. The van der Waals surface area contributed by atoms with E-state index in [2.05, 4.69) is 29.4 Å². The van der Waals surface area contributed by atoms with Gasteiger partial charge in [0.2, 0.25) is 0 Å². The highest BCUT2D eigenvalue weighted by atomic mass is 16.7. The van der Waals surface area contributed by atoms with Gasteiger partial charge in [-0.3, -0.25) is 4.90 Å². The number of hydrogen-bond acceptors (Lipinski definition) is 5. The standard InChI is InChI=1S/C20H29N3O4/c1-14-12-23(13-15(2)25-14)10-9-21-19(24)22-16-5-6-17-18(11-16)27-20(26-17)7-3-4-8-20/h5-6,11,14-15H,3-4,7-10,12-13H2,1-2H3,(H2,21,22,24). The van der Waals surface area contributed by atoms with E-state index in [1.54, 1.807) is 0 Å². The van der Waals surface area contributed by atoms with Crippen molar-refractivity contribution in [2.45, 2.75) is 57.5 Å². The molecule has 1 aliphatic carbocycles. The number of urea groups is 1. The van der Waals surface area contributed by atoms with Gasteiger partial charge in [-0.15, -0.1) is 0 Å². The second kappa shape index (κ2) is 7.56. The maximum Gasteiger partial charge on any atom is 0.319 e. The fourth-order valence-electron chi connectivity index (χ4n) is 4.26. The first-order valence-electron chi connectivity index (χ1n) is 9.96. The topological polar surface area (TPSA) is 72.1 Å². The van der Waals surface area contributed by atoms with E-state index in [0.717, 1.165) is 51.1 Å². The summed E-state index contributed by atoms with van der Waals surface area (Å²) in [5, 5.41) is 5.80. The molecule has 1 saturated heterocycles. The quantitative estimate of drug-likeness (QED) is 0.847. The van der Waals surface area contributed by atoms with E-state index >= 15 is 0 Å². The monoisotopic (exact) mass is 375 g/mol. The van der Waals surface area contributed by atoms with Crippen molar-refractivity contribution < 1.29 is 19.0 Å². The minimum absolute atomic E-state index is 0.209. The zero-order valence-corrected chi connectivity index (χ0v) is 16.1. The zero-order chi connectivity index (χ0) is 18.9. The van der Waals surface area contributed by atoms with Crippen LogP contribution >= 0.6 is 0 Å². The van der Waals surface area contributed by atoms with E-state index < -0.39 is 5.79 Å². The van der Waals surface area contributed by atoms with Crippen molar-refractivity contribution >= 4 is 11.7 Å². The predicted molar refractivity (Wildman–Crippen MR) is 102 cm³/mol. The Morgan fingerprint density at radius 2 is 1.85 bits per heavy atom. The van der Waals surface area contributed by atoms with E-state index in [0.29, 0.717) is 18.0 Å². The van der Waals surface area contributed by atoms with Crippen LogP contribution in [0.1, 0.15) is 39.5 Å². The van der Waals surface area contributed by atoms with Gasteiger partial charge in [-0.25, -0.2) is 4.79 Å². The zero-order valence-electron chi connectivity index (χ0n) is 16.1. The summed E-state index contributed by atoms with van der Waals surface area (Å²) in [5.74, 6) is 1.000. The number of amides is 2. The van der Waals surface area contributed by atoms with Crippen LogP contribution < -0.4 is 20.1 Å². The Bertz CT molecular complexity index is 680. The molecule has 27 heavy (non-hydrogen) atoms. The number of carbonyl (C=O) groups is 1. The third kappa shape index (κ3) is 4.30. The minimum Gasteiger partial charge on any atom is -0.448 e. The first kappa shape index (κ1) is 18.4. The fraction of sp³-hybridized carbons (Fsp3) is 0.650. The van der Waals surface area contributed by atoms with Crippen molar-refractivity contribution in [1.29, 1.82) is 0 Å². The predicted octanol–water partition coefficient (Wildman–Crippen LogP) is 2.96. The SMILES string of the molecule is CC1CN(CCNC(=O)Nc2ccc3c(c2)OC2(CCCC2)O3)CC(C)O1. The van der Waals surface area contributed by atoms with Crippen LogP contribution in [-0.2, 0) is 4.74 Å². The van der Waals surface area contributed by atoms with Crippen molar-refractivity contribution in [2.75, 3.05) is 31.5 Å². The van der Waals surface area contributed by atoms with E-state index in [9.17, 15) is 4.79 Å². The summed E-state index contributed by atoms with van der Waals surface area (Å²) in [6.07, 6.45) is 4.57. The third-order valence-electron chi connectivity index (χ3n) is 5.37. The Kier molecular flexibility index (Phi) is 5.14. The molecular formula is C20H29N3O4. The lowest BCUT2D eigenvalue weighted by Gasteiger charge is -2.35. The average molecular weight is 375 g/mol. The van der Waals surface area contributed by atoms with Crippen LogP contribution in [0.3, 0.4) is 0 Å². The molecular weight excluding hydrogens is 346 g/mol. The van der Waals surface area contributed by atoms with Gasteiger partial charge in [0.05, 0.1) is 12.2 Å². The van der Waals surface area contributed by atoms with Gasteiger partial charge in [-0.05, 0) is 38.8 Å². The van der Waals surface area contributed by atoms with Gasteiger partial charge in [-0.1, -0.05) is 0 Å². The summed E-state index contributed by atoms with van der Waals surface area (Å²) >= 11 is 0. The van der Waals surface area contributed by atoms with Crippen LogP contribution in [-0.4, -0.2) is 55.1 Å².